The lowest BCUT2D eigenvalue weighted by Crippen LogP contribution is -2.29. The molecule has 3 rings (SSSR count). The number of aryl methyl sites for hydroxylation is 1. The highest BCUT2D eigenvalue weighted by Crippen LogP contribution is 2.46. The molecule has 1 aromatic carbocycles. The van der Waals surface area contributed by atoms with Gasteiger partial charge in [-0.3, -0.25) is 0 Å². The van der Waals surface area contributed by atoms with Gasteiger partial charge >= 0.3 is 5.97 Å². The second kappa shape index (κ2) is 12.0. The molecule has 2 aliphatic rings. The van der Waals surface area contributed by atoms with Gasteiger partial charge in [0.2, 0.25) is 0 Å². The first-order valence-electron chi connectivity index (χ1n) is 12.8. The van der Waals surface area contributed by atoms with E-state index < -0.39 is 12.1 Å². The number of aliphatic hydroxyl groups excluding tert-OH is 1. The molecule has 2 aliphatic heterocycles. The van der Waals surface area contributed by atoms with E-state index in [0.29, 0.717) is 29.8 Å². The summed E-state index contributed by atoms with van der Waals surface area (Å²) in [5.41, 5.74) is 1.08. The number of fused-ring (bicyclic) bond motifs is 2. The number of hydrogen-bond acceptors (Lipinski definition) is 4. The van der Waals surface area contributed by atoms with E-state index in [-0.39, 0.29) is 12.0 Å². The van der Waals surface area contributed by atoms with E-state index in [0.717, 1.165) is 57.8 Å². The van der Waals surface area contributed by atoms with Gasteiger partial charge in [-0.2, -0.15) is 0 Å². The zero-order valence-electron chi connectivity index (χ0n) is 20.5. The van der Waals surface area contributed by atoms with E-state index in [1.165, 1.54) is 5.56 Å². The Morgan fingerprint density at radius 2 is 2.03 bits per heavy atom. The van der Waals surface area contributed by atoms with E-state index in [1.807, 2.05) is 18.2 Å². The number of ether oxygens (including phenoxy) is 2. The Hall–Kier alpha value is -1.85. The van der Waals surface area contributed by atoms with Crippen LogP contribution in [0.25, 0.3) is 0 Å². The lowest BCUT2D eigenvalue weighted by atomic mass is 9.75. The average Bonchev–Trinajstić information content (AvgIpc) is 3.39. The number of aliphatic carboxylic acids is 1. The minimum absolute atomic E-state index is 0.0940. The molecule has 184 valence electrons. The van der Waals surface area contributed by atoms with Gasteiger partial charge in [0.05, 0.1) is 18.3 Å². The molecule has 0 saturated carbocycles. The van der Waals surface area contributed by atoms with Crippen molar-refractivity contribution in [3.8, 4) is 5.75 Å². The monoisotopic (exact) mass is 458 g/mol. The van der Waals surface area contributed by atoms with Gasteiger partial charge in [-0.15, -0.1) is 0 Å². The van der Waals surface area contributed by atoms with Crippen molar-refractivity contribution >= 4 is 5.97 Å². The first kappa shape index (κ1) is 25.8. The number of rotatable bonds is 14. The van der Waals surface area contributed by atoms with Crippen molar-refractivity contribution in [3.05, 3.63) is 42.0 Å². The molecular weight excluding hydrogens is 416 g/mol. The number of carbonyl (C=O) groups is 1. The number of aliphatic hydroxyl groups is 1. The molecule has 0 aliphatic carbocycles. The zero-order chi connectivity index (χ0) is 23.8. The fraction of sp³-hybridized carbons (Fsp3) is 0.679. The molecule has 2 bridgehead atoms. The summed E-state index contributed by atoms with van der Waals surface area (Å²) >= 11 is 0. The van der Waals surface area contributed by atoms with Crippen LogP contribution in [0.1, 0.15) is 77.7 Å². The van der Waals surface area contributed by atoms with E-state index in [4.69, 9.17) is 14.6 Å². The summed E-state index contributed by atoms with van der Waals surface area (Å²) in [5, 5.41) is 19.6. The Bertz CT molecular complexity index is 786. The maximum absolute atomic E-state index is 10.8. The Morgan fingerprint density at radius 1 is 1.24 bits per heavy atom. The van der Waals surface area contributed by atoms with Crippen molar-refractivity contribution in [2.24, 2.45) is 17.3 Å². The third kappa shape index (κ3) is 7.31. The number of benzene rings is 1. The first-order valence-corrected chi connectivity index (χ1v) is 12.8. The minimum atomic E-state index is -0.964. The summed E-state index contributed by atoms with van der Waals surface area (Å²) in [6.07, 6.45) is 14.5. The highest BCUT2D eigenvalue weighted by molar-refractivity contribution is 5.68. The van der Waals surface area contributed by atoms with Crippen LogP contribution >= 0.6 is 0 Å². The Kier molecular flexibility index (Phi) is 9.39. The summed E-state index contributed by atoms with van der Waals surface area (Å²) in [4.78, 5) is 10.7. The Morgan fingerprint density at radius 3 is 2.79 bits per heavy atom. The van der Waals surface area contributed by atoms with Crippen molar-refractivity contribution in [1.29, 1.82) is 0 Å². The quantitative estimate of drug-likeness (QED) is 0.273. The van der Waals surface area contributed by atoms with Crippen LogP contribution in [0.2, 0.25) is 0 Å². The van der Waals surface area contributed by atoms with Crippen LogP contribution in [0.15, 0.2) is 36.4 Å². The van der Waals surface area contributed by atoms with Gasteiger partial charge in [-0.1, -0.05) is 64.3 Å². The van der Waals surface area contributed by atoms with Gasteiger partial charge in [0.25, 0.3) is 0 Å². The van der Waals surface area contributed by atoms with Crippen LogP contribution < -0.4 is 4.74 Å². The lowest BCUT2D eigenvalue weighted by molar-refractivity contribution is -0.139. The Balaban J connectivity index is 1.49. The fourth-order valence-corrected chi connectivity index (χ4v) is 5.38. The highest BCUT2D eigenvalue weighted by atomic mass is 16.5. The van der Waals surface area contributed by atoms with Gasteiger partial charge in [-0.05, 0) is 67.6 Å². The van der Waals surface area contributed by atoms with Crippen molar-refractivity contribution < 1.29 is 24.5 Å². The fourth-order valence-electron chi connectivity index (χ4n) is 5.38. The maximum Gasteiger partial charge on any atom is 0.341 e. The molecule has 5 atom stereocenters. The molecule has 5 nitrogen and oxygen atoms in total. The largest absolute Gasteiger partial charge is 0.482 e. The van der Waals surface area contributed by atoms with Gasteiger partial charge < -0.3 is 19.7 Å². The predicted octanol–water partition coefficient (Wildman–Crippen LogP) is 5.79. The second-order valence-corrected chi connectivity index (χ2v) is 10.5. The van der Waals surface area contributed by atoms with Gasteiger partial charge in [0, 0.05) is 5.92 Å². The summed E-state index contributed by atoms with van der Waals surface area (Å²) in [7, 11) is 0. The van der Waals surface area contributed by atoms with Gasteiger partial charge in [-0.25, -0.2) is 4.79 Å². The normalized spacial score (nSPS) is 25.6. The zero-order valence-corrected chi connectivity index (χ0v) is 20.5. The van der Waals surface area contributed by atoms with Crippen LogP contribution in [0.5, 0.6) is 5.75 Å². The van der Waals surface area contributed by atoms with E-state index in [2.05, 4.69) is 32.9 Å². The van der Waals surface area contributed by atoms with Gasteiger partial charge in [0.1, 0.15) is 5.75 Å². The summed E-state index contributed by atoms with van der Waals surface area (Å²) in [6.45, 7) is 6.20. The van der Waals surface area contributed by atoms with Crippen molar-refractivity contribution in [2.45, 2.75) is 96.9 Å². The molecule has 2 N–H and O–H groups in total. The molecule has 2 saturated heterocycles. The minimum Gasteiger partial charge on any atom is -0.482 e. The molecule has 1 aromatic rings. The average molecular weight is 459 g/mol. The lowest BCUT2D eigenvalue weighted by Gasteiger charge is -2.30. The Labute approximate surface area is 199 Å². The molecular formula is C28H42O5. The standard InChI is InChI=1S/C28H42O5/c1-4-5-17-28(2,3)26(29)16-13-23-22(24-14-15-25(23)33-24)12-7-6-9-20-10-8-11-21(18-20)32-19-27(30)31/h8,10-11,13,16,18,22-26,29H,4-7,9,12,14-15,17,19H2,1-3H3,(H,30,31)/b16-13+/t22-,23+,24-,25+,26?/m0/s1. The number of unbranched alkanes of at least 4 members (excludes halogenated alkanes) is 2. The molecule has 0 amide bonds. The van der Waals surface area contributed by atoms with Crippen LogP contribution in [0.4, 0.5) is 0 Å². The smallest absolute Gasteiger partial charge is 0.341 e. The SMILES string of the molecule is CCCCC(C)(C)C(O)/C=C/[C@@H]1[C@H](CCCCc2cccc(OCC(=O)O)c2)[C@@H]2CC[C@H]1O2. The number of carboxylic acids is 1. The van der Waals surface area contributed by atoms with Gasteiger partial charge in [0.15, 0.2) is 6.61 Å². The first-order chi connectivity index (χ1) is 15.8. The van der Waals surface area contributed by atoms with Crippen LogP contribution in [-0.4, -0.2) is 41.1 Å². The predicted molar refractivity (Wildman–Crippen MR) is 130 cm³/mol. The summed E-state index contributed by atoms with van der Waals surface area (Å²) in [6, 6.07) is 7.73. The third-order valence-electron chi connectivity index (χ3n) is 7.49. The third-order valence-corrected chi connectivity index (χ3v) is 7.49. The van der Waals surface area contributed by atoms with E-state index in [1.54, 1.807) is 6.07 Å². The van der Waals surface area contributed by atoms with Crippen molar-refractivity contribution in [2.75, 3.05) is 6.61 Å². The number of carboxylic acid groups (broad SMARTS) is 1. The molecule has 33 heavy (non-hydrogen) atoms. The summed E-state index contributed by atoms with van der Waals surface area (Å²) < 4.78 is 11.6. The molecule has 2 fully saturated rings. The van der Waals surface area contributed by atoms with Crippen molar-refractivity contribution in [1.82, 2.24) is 0 Å². The topological polar surface area (TPSA) is 76.0 Å². The molecule has 0 radical (unpaired) electrons. The van der Waals surface area contributed by atoms with Crippen LogP contribution in [-0.2, 0) is 16.0 Å². The summed E-state index contributed by atoms with van der Waals surface area (Å²) in [5.74, 6) is 0.598. The highest BCUT2D eigenvalue weighted by Gasteiger charge is 2.47. The van der Waals surface area contributed by atoms with Crippen LogP contribution in [0.3, 0.4) is 0 Å². The molecule has 0 spiro atoms. The molecule has 1 unspecified atom stereocenters. The molecule has 5 heteroatoms. The number of hydrogen-bond donors (Lipinski definition) is 2. The van der Waals surface area contributed by atoms with E-state index >= 15 is 0 Å². The molecule has 0 aromatic heterocycles. The van der Waals surface area contributed by atoms with Crippen LogP contribution in [0, 0.1) is 17.3 Å². The van der Waals surface area contributed by atoms with E-state index in [9.17, 15) is 9.90 Å². The maximum atomic E-state index is 10.8. The second-order valence-electron chi connectivity index (χ2n) is 10.5. The molecule has 2 heterocycles. The van der Waals surface area contributed by atoms with Crippen molar-refractivity contribution in [3.63, 3.8) is 0 Å².